The Morgan fingerprint density at radius 2 is 1.96 bits per heavy atom. The number of nitrogens with two attached hydrogens (primary N) is 1. The number of imidazole rings is 1. The maximum atomic E-state index is 6.00. The number of aliphatic imine (C=N–C) groups is 1. The lowest BCUT2D eigenvalue weighted by molar-refractivity contribution is 0.297. The number of nitrogens with one attached hydrogen (secondary N) is 1. The van der Waals surface area contributed by atoms with Gasteiger partial charge in [-0.1, -0.05) is 28.1 Å². The van der Waals surface area contributed by atoms with Gasteiger partial charge in [-0.2, -0.15) is 0 Å². The molecule has 3 aromatic rings. The number of halogens is 1. The van der Waals surface area contributed by atoms with E-state index in [2.05, 4.69) is 31.2 Å². The highest BCUT2D eigenvalue weighted by Gasteiger charge is 2.27. The summed E-state index contributed by atoms with van der Waals surface area (Å²) < 4.78 is 14.6. The number of anilines is 1. The lowest BCUT2D eigenvalue weighted by Gasteiger charge is -2.24. The van der Waals surface area contributed by atoms with E-state index in [1.165, 1.54) is 0 Å². The van der Waals surface area contributed by atoms with Crippen LogP contribution in [0.1, 0.15) is 18.2 Å². The third-order valence-corrected chi connectivity index (χ3v) is 4.94. The van der Waals surface area contributed by atoms with Gasteiger partial charge in [0.05, 0.1) is 24.2 Å². The summed E-state index contributed by atoms with van der Waals surface area (Å²) >= 11 is 3.53. The van der Waals surface area contributed by atoms with E-state index in [-0.39, 0.29) is 6.17 Å². The van der Waals surface area contributed by atoms with Crippen molar-refractivity contribution in [1.82, 2.24) is 9.55 Å². The number of guanidine groups is 1. The van der Waals surface area contributed by atoms with Crippen LogP contribution in [0.15, 0.2) is 45.9 Å². The molecular weight excluding hydrogens is 398 g/mol. The molecule has 0 spiro atoms. The number of nitrogens with zero attached hydrogens (tertiary/aromatic N) is 3. The average Bonchev–Trinajstić information content (AvgIpc) is 2.81. The van der Waals surface area contributed by atoms with Crippen LogP contribution in [0.4, 0.5) is 5.95 Å². The number of rotatable bonds is 1. The standard InChI is InChI=1S/C18H16BrN5O2/c19-11-4-1-3-10(7-11)16-22-17(20)23-18-21-12-8-14-15(9-13(12)24(16)18)26-6-2-5-25-14/h1,3-4,7-9,16H,2,5-6H2,(H3,20,21,22,23). The number of aromatic nitrogens is 2. The summed E-state index contributed by atoms with van der Waals surface area (Å²) in [6.07, 6.45) is 0.555. The van der Waals surface area contributed by atoms with E-state index in [0.717, 1.165) is 39.0 Å². The highest BCUT2D eigenvalue weighted by molar-refractivity contribution is 9.10. The lowest BCUT2D eigenvalue weighted by atomic mass is 10.1. The van der Waals surface area contributed by atoms with Gasteiger partial charge < -0.3 is 15.2 Å². The molecule has 0 saturated carbocycles. The molecule has 1 unspecified atom stereocenters. The van der Waals surface area contributed by atoms with Crippen LogP contribution in [0.3, 0.4) is 0 Å². The molecule has 0 radical (unpaired) electrons. The molecule has 8 heteroatoms. The summed E-state index contributed by atoms with van der Waals surface area (Å²) in [4.78, 5) is 9.29. The quantitative estimate of drug-likeness (QED) is 0.639. The molecule has 132 valence electrons. The topological polar surface area (TPSA) is 86.7 Å². The molecule has 2 aliphatic rings. The molecule has 7 nitrogen and oxygen atoms in total. The van der Waals surface area contributed by atoms with Gasteiger partial charge in [-0.25, -0.2) is 9.98 Å². The molecule has 0 saturated heterocycles. The van der Waals surface area contributed by atoms with Crippen LogP contribution in [0.25, 0.3) is 11.0 Å². The molecule has 0 amide bonds. The van der Waals surface area contributed by atoms with Gasteiger partial charge in [0.2, 0.25) is 5.95 Å². The SMILES string of the molecule is NC1=NC(c2cccc(Br)c2)n2c(nc3cc4c(cc32)OCCCO4)N1. The van der Waals surface area contributed by atoms with E-state index in [4.69, 9.17) is 15.2 Å². The fraction of sp³-hybridized carbons (Fsp3) is 0.222. The van der Waals surface area contributed by atoms with E-state index in [0.29, 0.717) is 25.1 Å². The predicted octanol–water partition coefficient (Wildman–Crippen LogP) is 3.25. The molecule has 2 aromatic carbocycles. The molecule has 0 fully saturated rings. The monoisotopic (exact) mass is 413 g/mol. The molecule has 1 aromatic heterocycles. The largest absolute Gasteiger partial charge is 0.489 e. The van der Waals surface area contributed by atoms with Gasteiger partial charge in [-0.3, -0.25) is 9.88 Å². The first kappa shape index (κ1) is 15.5. The minimum absolute atomic E-state index is 0.307. The van der Waals surface area contributed by atoms with Crippen molar-refractivity contribution in [2.45, 2.75) is 12.6 Å². The smallest absolute Gasteiger partial charge is 0.212 e. The van der Waals surface area contributed by atoms with Crippen molar-refractivity contribution in [3.05, 3.63) is 46.4 Å². The van der Waals surface area contributed by atoms with Gasteiger partial charge >= 0.3 is 0 Å². The summed E-state index contributed by atoms with van der Waals surface area (Å²) in [5.41, 5.74) is 8.74. The van der Waals surface area contributed by atoms with Crippen LogP contribution in [0.2, 0.25) is 0 Å². The summed E-state index contributed by atoms with van der Waals surface area (Å²) in [5, 5.41) is 3.05. The van der Waals surface area contributed by atoms with Gasteiger partial charge in [-0.05, 0) is 17.7 Å². The Balaban J connectivity index is 1.72. The maximum Gasteiger partial charge on any atom is 0.212 e. The highest BCUT2D eigenvalue weighted by atomic mass is 79.9. The fourth-order valence-corrected chi connectivity index (χ4v) is 3.73. The zero-order valence-electron chi connectivity index (χ0n) is 13.8. The number of fused-ring (bicyclic) bond motifs is 4. The first-order valence-electron chi connectivity index (χ1n) is 8.36. The Labute approximate surface area is 158 Å². The molecular formula is C18H16BrN5O2. The second kappa shape index (κ2) is 5.91. The predicted molar refractivity (Wildman–Crippen MR) is 103 cm³/mol. The number of hydrogen-bond donors (Lipinski definition) is 2. The summed E-state index contributed by atoms with van der Waals surface area (Å²) in [6, 6.07) is 11.9. The molecule has 1 atom stereocenters. The van der Waals surface area contributed by atoms with Crippen LogP contribution in [-0.2, 0) is 0 Å². The van der Waals surface area contributed by atoms with E-state index < -0.39 is 0 Å². The zero-order chi connectivity index (χ0) is 17.7. The van der Waals surface area contributed by atoms with Crippen LogP contribution < -0.4 is 20.5 Å². The molecule has 5 rings (SSSR count). The first-order chi connectivity index (χ1) is 12.7. The van der Waals surface area contributed by atoms with Gasteiger partial charge in [0, 0.05) is 23.0 Å². The van der Waals surface area contributed by atoms with E-state index >= 15 is 0 Å². The van der Waals surface area contributed by atoms with E-state index in [1.54, 1.807) is 0 Å². The number of ether oxygens (including phenoxy) is 2. The Morgan fingerprint density at radius 3 is 2.77 bits per heavy atom. The maximum absolute atomic E-state index is 6.00. The minimum Gasteiger partial charge on any atom is -0.489 e. The van der Waals surface area contributed by atoms with Crippen molar-refractivity contribution in [2.24, 2.45) is 10.7 Å². The third kappa shape index (κ3) is 2.48. The minimum atomic E-state index is -0.307. The van der Waals surface area contributed by atoms with Crippen molar-refractivity contribution >= 4 is 38.9 Å². The second-order valence-electron chi connectivity index (χ2n) is 6.21. The summed E-state index contributed by atoms with van der Waals surface area (Å²) in [5.74, 6) is 2.44. The van der Waals surface area contributed by atoms with E-state index in [9.17, 15) is 0 Å². The average molecular weight is 414 g/mol. The molecule has 0 aliphatic carbocycles. The van der Waals surface area contributed by atoms with Crippen LogP contribution >= 0.6 is 15.9 Å². The van der Waals surface area contributed by atoms with Crippen molar-refractivity contribution < 1.29 is 9.47 Å². The van der Waals surface area contributed by atoms with Crippen LogP contribution in [0, 0.1) is 0 Å². The molecule has 3 heterocycles. The molecule has 3 N–H and O–H groups in total. The van der Waals surface area contributed by atoms with Gasteiger partial charge in [-0.15, -0.1) is 0 Å². The Morgan fingerprint density at radius 1 is 1.15 bits per heavy atom. The molecule has 26 heavy (non-hydrogen) atoms. The normalized spacial score (nSPS) is 18.7. The Kier molecular flexibility index (Phi) is 3.53. The summed E-state index contributed by atoms with van der Waals surface area (Å²) in [6.45, 7) is 1.28. The second-order valence-corrected chi connectivity index (χ2v) is 7.13. The Hall–Kier alpha value is -2.74. The highest BCUT2D eigenvalue weighted by Crippen LogP contribution is 2.39. The van der Waals surface area contributed by atoms with Gasteiger partial charge in [0.1, 0.15) is 0 Å². The first-order valence-corrected chi connectivity index (χ1v) is 9.16. The van der Waals surface area contributed by atoms with E-state index in [1.807, 2.05) is 41.0 Å². The molecule has 2 aliphatic heterocycles. The number of benzene rings is 2. The third-order valence-electron chi connectivity index (χ3n) is 4.45. The van der Waals surface area contributed by atoms with Crippen molar-refractivity contribution in [3.63, 3.8) is 0 Å². The van der Waals surface area contributed by atoms with Crippen molar-refractivity contribution in [1.29, 1.82) is 0 Å². The van der Waals surface area contributed by atoms with Crippen molar-refractivity contribution in [2.75, 3.05) is 18.5 Å². The molecule has 0 bridgehead atoms. The van der Waals surface area contributed by atoms with Gasteiger partial charge in [0.15, 0.2) is 23.6 Å². The zero-order valence-corrected chi connectivity index (χ0v) is 15.4. The Bertz CT molecular complexity index is 1050. The lowest BCUT2D eigenvalue weighted by Crippen LogP contribution is -2.31. The van der Waals surface area contributed by atoms with Crippen LogP contribution in [0.5, 0.6) is 11.5 Å². The van der Waals surface area contributed by atoms with Crippen LogP contribution in [-0.4, -0.2) is 28.7 Å². The fourth-order valence-electron chi connectivity index (χ4n) is 3.31. The van der Waals surface area contributed by atoms with Gasteiger partial charge in [0.25, 0.3) is 0 Å². The van der Waals surface area contributed by atoms with Crippen molar-refractivity contribution in [3.8, 4) is 11.5 Å². The number of hydrogen-bond acceptors (Lipinski definition) is 6. The summed E-state index contributed by atoms with van der Waals surface area (Å²) in [7, 11) is 0.